The minimum atomic E-state index is -0.147. The molecule has 2 rings (SSSR count). The van der Waals surface area contributed by atoms with Gasteiger partial charge in [0.05, 0.1) is 29.4 Å². The minimum absolute atomic E-state index is 0.0198. The van der Waals surface area contributed by atoms with Crippen LogP contribution in [0.1, 0.15) is 57.5 Å². The van der Waals surface area contributed by atoms with Crippen molar-refractivity contribution in [1.82, 2.24) is 0 Å². The molecule has 0 aliphatic heterocycles. The molecule has 0 radical (unpaired) electrons. The highest BCUT2D eigenvalue weighted by molar-refractivity contribution is 6.12. The van der Waals surface area contributed by atoms with Gasteiger partial charge in [-0.1, -0.05) is 12.1 Å². The molecule has 0 spiro atoms. The number of ether oxygens (including phenoxy) is 3. The summed E-state index contributed by atoms with van der Waals surface area (Å²) < 4.78 is 17.4. The molecule has 0 unspecified atom stereocenters. The lowest BCUT2D eigenvalue weighted by atomic mass is 10.0. The molecule has 0 saturated heterocycles. The number of benzene rings is 2. The Hall–Kier alpha value is -2.49. The topological polar surface area (TPSA) is 44.8 Å². The van der Waals surface area contributed by atoms with Crippen molar-refractivity contribution in [3.63, 3.8) is 0 Å². The van der Waals surface area contributed by atoms with Crippen molar-refractivity contribution in [2.45, 2.75) is 59.9 Å². The van der Waals surface area contributed by atoms with Crippen LogP contribution in [0.5, 0.6) is 17.2 Å². The number of carbonyl (C=O) groups excluding carboxylic acids is 1. The molecule has 0 saturated carbocycles. The summed E-state index contributed by atoms with van der Waals surface area (Å²) in [6, 6.07) is 12.6. The molecule has 4 nitrogen and oxygen atoms in total. The van der Waals surface area contributed by atoms with Gasteiger partial charge in [-0.3, -0.25) is 4.79 Å². The van der Waals surface area contributed by atoms with Crippen LogP contribution in [0.15, 0.2) is 42.5 Å². The van der Waals surface area contributed by atoms with Crippen molar-refractivity contribution in [3.05, 3.63) is 53.6 Å². The van der Waals surface area contributed by atoms with Crippen LogP contribution in [0.4, 0.5) is 0 Å². The molecule has 0 aliphatic carbocycles. The maximum absolute atomic E-state index is 13.3. The average molecular weight is 356 g/mol. The van der Waals surface area contributed by atoms with E-state index in [0.29, 0.717) is 28.4 Å². The summed E-state index contributed by atoms with van der Waals surface area (Å²) in [6.45, 7) is 11.6. The Kier molecular flexibility index (Phi) is 6.67. The summed E-state index contributed by atoms with van der Waals surface area (Å²) in [5.74, 6) is 1.60. The predicted molar refractivity (Wildman–Crippen MR) is 104 cm³/mol. The maximum atomic E-state index is 13.3. The fourth-order valence-electron chi connectivity index (χ4n) is 2.54. The van der Waals surface area contributed by atoms with Gasteiger partial charge in [-0.15, -0.1) is 0 Å². The van der Waals surface area contributed by atoms with Crippen molar-refractivity contribution < 1.29 is 19.0 Å². The van der Waals surface area contributed by atoms with Crippen LogP contribution in [-0.2, 0) is 0 Å². The van der Waals surface area contributed by atoms with E-state index in [9.17, 15) is 4.79 Å². The van der Waals surface area contributed by atoms with Gasteiger partial charge in [-0.25, -0.2) is 0 Å². The van der Waals surface area contributed by atoms with E-state index in [1.807, 2.05) is 65.8 Å². The van der Waals surface area contributed by atoms with Crippen LogP contribution in [-0.4, -0.2) is 24.1 Å². The Bertz CT molecular complexity index is 748. The molecule has 0 N–H and O–H groups in total. The predicted octanol–water partition coefficient (Wildman–Crippen LogP) is 5.28. The van der Waals surface area contributed by atoms with Gasteiger partial charge in [-0.05, 0) is 71.9 Å². The molecule has 0 amide bonds. The van der Waals surface area contributed by atoms with Gasteiger partial charge >= 0.3 is 0 Å². The van der Waals surface area contributed by atoms with E-state index in [-0.39, 0.29) is 24.1 Å². The third kappa shape index (κ3) is 5.25. The van der Waals surface area contributed by atoms with Gasteiger partial charge in [0, 0.05) is 0 Å². The van der Waals surface area contributed by atoms with Crippen LogP contribution in [0.3, 0.4) is 0 Å². The standard InChI is InChI=1S/C22H28O4/c1-14(2)24-17-11-12-21(26-16(5)6)19(13-17)22(23)18-9-7-8-10-20(18)25-15(3)4/h7-16H,1-6H3. The molecule has 2 aromatic rings. The Labute approximate surface area is 156 Å². The number of hydrogen-bond donors (Lipinski definition) is 0. The van der Waals surface area contributed by atoms with E-state index < -0.39 is 0 Å². The average Bonchev–Trinajstić information content (AvgIpc) is 2.54. The lowest BCUT2D eigenvalue weighted by Crippen LogP contribution is -2.14. The van der Waals surface area contributed by atoms with E-state index in [1.54, 1.807) is 18.2 Å². The number of para-hydroxylation sites is 1. The molecule has 0 atom stereocenters. The quantitative estimate of drug-likeness (QED) is 0.604. The molecule has 2 aromatic carbocycles. The van der Waals surface area contributed by atoms with Crippen LogP contribution in [0.2, 0.25) is 0 Å². The Morgan fingerprint density at radius 3 is 1.81 bits per heavy atom. The molecule has 0 heterocycles. The first kappa shape index (κ1) is 19.8. The van der Waals surface area contributed by atoms with E-state index in [2.05, 4.69) is 0 Å². The molecular weight excluding hydrogens is 328 g/mol. The second-order valence-corrected chi connectivity index (χ2v) is 6.98. The van der Waals surface area contributed by atoms with Crippen LogP contribution >= 0.6 is 0 Å². The summed E-state index contributed by atoms with van der Waals surface area (Å²) in [7, 11) is 0. The van der Waals surface area contributed by atoms with Gasteiger partial charge in [0.25, 0.3) is 0 Å². The van der Waals surface area contributed by atoms with Crippen LogP contribution in [0, 0.1) is 0 Å². The Morgan fingerprint density at radius 2 is 1.23 bits per heavy atom. The number of carbonyl (C=O) groups is 1. The van der Waals surface area contributed by atoms with Gasteiger partial charge in [-0.2, -0.15) is 0 Å². The largest absolute Gasteiger partial charge is 0.491 e. The lowest BCUT2D eigenvalue weighted by molar-refractivity contribution is 0.102. The highest BCUT2D eigenvalue weighted by atomic mass is 16.5. The highest BCUT2D eigenvalue weighted by Gasteiger charge is 2.21. The third-order valence-corrected chi connectivity index (χ3v) is 3.42. The van der Waals surface area contributed by atoms with Crippen LogP contribution < -0.4 is 14.2 Å². The zero-order valence-corrected chi connectivity index (χ0v) is 16.4. The zero-order valence-electron chi connectivity index (χ0n) is 16.4. The molecular formula is C22H28O4. The van der Waals surface area contributed by atoms with E-state index in [1.165, 1.54) is 0 Å². The smallest absolute Gasteiger partial charge is 0.200 e. The lowest BCUT2D eigenvalue weighted by Gasteiger charge is -2.18. The first-order valence-electron chi connectivity index (χ1n) is 9.05. The van der Waals surface area contributed by atoms with Crippen LogP contribution in [0.25, 0.3) is 0 Å². The second kappa shape index (κ2) is 8.75. The molecule has 0 aliphatic rings. The van der Waals surface area contributed by atoms with Crippen molar-refractivity contribution in [1.29, 1.82) is 0 Å². The molecule has 0 fully saturated rings. The normalized spacial score (nSPS) is 11.1. The SMILES string of the molecule is CC(C)Oc1ccc(OC(C)C)c(C(=O)c2ccccc2OC(C)C)c1. The van der Waals surface area contributed by atoms with Crippen molar-refractivity contribution in [2.75, 3.05) is 0 Å². The Balaban J connectivity index is 2.49. The highest BCUT2D eigenvalue weighted by Crippen LogP contribution is 2.31. The molecule has 0 bridgehead atoms. The molecule has 0 aromatic heterocycles. The fraction of sp³-hybridized carbons (Fsp3) is 0.409. The number of hydrogen-bond acceptors (Lipinski definition) is 4. The number of rotatable bonds is 8. The first-order chi connectivity index (χ1) is 12.3. The van der Waals surface area contributed by atoms with Crippen molar-refractivity contribution in [3.8, 4) is 17.2 Å². The van der Waals surface area contributed by atoms with E-state index in [4.69, 9.17) is 14.2 Å². The second-order valence-electron chi connectivity index (χ2n) is 6.98. The molecule has 4 heteroatoms. The summed E-state index contributed by atoms with van der Waals surface area (Å²) in [6.07, 6.45) is -0.0436. The van der Waals surface area contributed by atoms with Gasteiger partial charge in [0.1, 0.15) is 17.2 Å². The van der Waals surface area contributed by atoms with Gasteiger partial charge in [0.15, 0.2) is 0 Å². The van der Waals surface area contributed by atoms with Gasteiger partial charge in [0.2, 0.25) is 5.78 Å². The maximum Gasteiger partial charge on any atom is 0.200 e. The minimum Gasteiger partial charge on any atom is -0.491 e. The van der Waals surface area contributed by atoms with E-state index in [0.717, 1.165) is 0 Å². The third-order valence-electron chi connectivity index (χ3n) is 3.42. The molecule has 26 heavy (non-hydrogen) atoms. The summed E-state index contributed by atoms with van der Waals surface area (Å²) in [4.78, 5) is 13.3. The summed E-state index contributed by atoms with van der Waals surface area (Å²) >= 11 is 0. The van der Waals surface area contributed by atoms with Crippen molar-refractivity contribution >= 4 is 5.78 Å². The van der Waals surface area contributed by atoms with Crippen molar-refractivity contribution in [2.24, 2.45) is 0 Å². The fourth-order valence-corrected chi connectivity index (χ4v) is 2.54. The summed E-state index contributed by atoms with van der Waals surface area (Å²) in [5, 5.41) is 0. The van der Waals surface area contributed by atoms with E-state index >= 15 is 0 Å². The number of ketones is 1. The van der Waals surface area contributed by atoms with Gasteiger partial charge < -0.3 is 14.2 Å². The molecule has 140 valence electrons. The first-order valence-corrected chi connectivity index (χ1v) is 9.05. The monoisotopic (exact) mass is 356 g/mol. The summed E-state index contributed by atoms with van der Waals surface area (Å²) in [5.41, 5.74) is 0.980. The zero-order chi connectivity index (χ0) is 19.3. The Morgan fingerprint density at radius 1 is 0.692 bits per heavy atom.